The number of nitrogens with zero attached hydrogens (tertiary/aromatic N) is 9. The van der Waals surface area contributed by atoms with Gasteiger partial charge in [0.1, 0.15) is 25.3 Å². The third-order valence-electron chi connectivity index (χ3n) is 3.83. The minimum atomic E-state index is 0.237. The van der Waals surface area contributed by atoms with E-state index in [1.165, 1.54) is 47.5 Å². The van der Waals surface area contributed by atoms with Gasteiger partial charge in [-0.1, -0.05) is 33.1 Å². The van der Waals surface area contributed by atoms with E-state index in [1.54, 1.807) is 0 Å². The lowest BCUT2D eigenvalue weighted by atomic mass is 10.0. The van der Waals surface area contributed by atoms with Crippen molar-refractivity contribution in [1.29, 1.82) is 0 Å². The molecular formula is C15H21N9O. The fourth-order valence-corrected chi connectivity index (χ4v) is 2.32. The van der Waals surface area contributed by atoms with Crippen LogP contribution in [0.25, 0.3) is 11.9 Å². The molecule has 0 saturated heterocycles. The Balaban J connectivity index is 1.82. The first-order valence-electron chi connectivity index (χ1n) is 8.39. The van der Waals surface area contributed by atoms with Crippen LogP contribution >= 0.6 is 0 Å². The van der Waals surface area contributed by atoms with Crippen LogP contribution < -0.4 is 4.74 Å². The lowest BCUT2D eigenvalue weighted by Crippen LogP contribution is -2.16. The zero-order valence-electron chi connectivity index (χ0n) is 14.4. The molecule has 0 aliphatic carbocycles. The average Bonchev–Trinajstić information content (AvgIpc) is 3.35. The van der Waals surface area contributed by atoms with Crippen molar-refractivity contribution < 1.29 is 4.74 Å². The van der Waals surface area contributed by atoms with Crippen molar-refractivity contribution in [2.24, 2.45) is 5.92 Å². The summed E-state index contributed by atoms with van der Waals surface area (Å²) in [6, 6.07) is 0.237. The van der Waals surface area contributed by atoms with Gasteiger partial charge < -0.3 is 4.74 Å². The van der Waals surface area contributed by atoms with Gasteiger partial charge in [-0.25, -0.2) is 9.97 Å². The highest BCUT2D eigenvalue weighted by Gasteiger charge is 2.14. The van der Waals surface area contributed by atoms with Crippen LogP contribution in [0.5, 0.6) is 6.01 Å². The van der Waals surface area contributed by atoms with Crippen molar-refractivity contribution in [3.63, 3.8) is 0 Å². The second kappa shape index (κ2) is 8.27. The highest BCUT2D eigenvalue weighted by Crippen LogP contribution is 2.15. The molecule has 3 rings (SSSR count). The molecule has 10 heteroatoms. The van der Waals surface area contributed by atoms with Gasteiger partial charge in [0.25, 0.3) is 11.9 Å². The summed E-state index contributed by atoms with van der Waals surface area (Å²) < 4.78 is 8.74. The van der Waals surface area contributed by atoms with Gasteiger partial charge in [0.05, 0.1) is 6.61 Å². The third-order valence-corrected chi connectivity index (χ3v) is 3.83. The van der Waals surface area contributed by atoms with Gasteiger partial charge in [-0.15, -0.1) is 0 Å². The van der Waals surface area contributed by atoms with E-state index in [0.717, 1.165) is 12.8 Å². The number of aromatic nitrogens is 9. The lowest BCUT2D eigenvalue weighted by Gasteiger charge is -2.15. The van der Waals surface area contributed by atoms with Crippen LogP contribution in [0.15, 0.2) is 25.3 Å². The van der Waals surface area contributed by atoms with Crippen LogP contribution in [0, 0.1) is 5.92 Å². The molecule has 3 aromatic rings. The monoisotopic (exact) mass is 343 g/mol. The summed E-state index contributed by atoms with van der Waals surface area (Å²) in [5.41, 5.74) is 0. The van der Waals surface area contributed by atoms with Crippen molar-refractivity contribution in [2.75, 3.05) is 6.61 Å². The first-order chi connectivity index (χ1) is 12.3. The van der Waals surface area contributed by atoms with E-state index < -0.39 is 0 Å². The molecule has 1 atom stereocenters. The minimum absolute atomic E-state index is 0.237. The SMILES string of the molecule is CCCCC(CC)COc1nc(-n2cncn2)nc(-n2cncn2)n1. The summed E-state index contributed by atoms with van der Waals surface area (Å²) in [5.74, 6) is 1.10. The predicted octanol–water partition coefficient (Wildman–Crippen LogP) is 1.63. The van der Waals surface area contributed by atoms with E-state index >= 15 is 0 Å². The molecule has 0 bridgehead atoms. The van der Waals surface area contributed by atoms with E-state index in [0.29, 0.717) is 24.4 Å². The van der Waals surface area contributed by atoms with Gasteiger partial charge in [-0.05, 0) is 12.3 Å². The molecule has 0 spiro atoms. The third kappa shape index (κ3) is 4.34. The molecule has 3 aromatic heterocycles. The smallest absolute Gasteiger partial charge is 0.323 e. The Bertz CT molecular complexity index is 705. The number of rotatable bonds is 9. The fraction of sp³-hybridized carbons (Fsp3) is 0.533. The fourth-order valence-electron chi connectivity index (χ4n) is 2.32. The van der Waals surface area contributed by atoms with Gasteiger partial charge >= 0.3 is 6.01 Å². The van der Waals surface area contributed by atoms with Crippen LogP contribution in [-0.4, -0.2) is 51.1 Å². The Hall–Kier alpha value is -2.91. The molecule has 1 unspecified atom stereocenters. The largest absolute Gasteiger partial charge is 0.463 e. The number of ether oxygens (including phenoxy) is 1. The molecule has 132 valence electrons. The molecule has 0 aliphatic rings. The molecular weight excluding hydrogens is 322 g/mol. The van der Waals surface area contributed by atoms with Gasteiger partial charge in [0, 0.05) is 0 Å². The van der Waals surface area contributed by atoms with Crippen molar-refractivity contribution in [1.82, 2.24) is 44.5 Å². The van der Waals surface area contributed by atoms with Crippen LogP contribution in [0.4, 0.5) is 0 Å². The summed E-state index contributed by atoms with van der Waals surface area (Å²) in [5, 5.41) is 8.11. The highest BCUT2D eigenvalue weighted by atomic mass is 16.5. The molecule has 0 amide bonds. The van der Waals surface area contributed by atoms with Crippen LogP contribution in [0.1, 0.15) is 39.5 Å². The Kier molecular flexibility index (Phi) is 5.60. The molecule has 3 heterocycles. The Morgan fingerprint density at radius 1 is 0.960 bits per heavy atom. The van der Waals surface area contributed by atoms with Crippen molar-refractivity contribution in [3.8, 4) is 17.9 Å². The van der Waals surface area contributed by atoms with Crippen LogP contribution in [0.3, 0.4) is 0 Å². The maximum absolute atomic E-state index is 5.85. The summed E-state index contributed by atoms with van der Waals surface area (Å²) >= 11 is 0. The topological polar surface area (TPSA) is 109 Å². The minimum Gasteiger partial charge on any atom is -0.463 e. The number of unbranched alkanes of at least 4 members (excludes halogenated alkanes) is 1. The van der Waals surface area contributed by atoms with Gasteiger partial charge in [0.2, 0.25) is 0 Å². The Labute approximate surface area is 145 Å². The van der Waals surface area contributed by atoms with Crippen molar-refractivity contribution >= 4 is 0 Å². The van der Waals surface area contributed by atoms with Gasteiger partial charge in [0.15, 0.2) is 0 Å². The molecule has 0 radical (unpaired) electrons. The molecule has 0 aliphatic heterocycles. The van der Waals surface area contributed by atoms with E-state index in [2.05, 4.69) is 49.0 Å². The molecule has 0 fully saturated rings. The number of hydrogen-bond acceptors (Lipinski definition) is 8. The zero-order valence-corrected chi connectivity index (χ0v) is 14.4. The van der Waals surface area contributed by atoms with Crippen LogP contribution in [-0.2, 0) is 0 Å². The molecule has 25 heavy (non-hydrogen) atoms. The second-order valence-corrected chi connectivity index (χ2v) is 5.63. The van der Waals surface area contributed by atoms with Crippen molar-refractivity contribution in [3.05, 3.63) is 25.3 Å². The van der Waals surface area contributed by atoms with Crippen LogP contribution in [0.2, 0.25) is 0 Å². The summed E-state index contributed by atoms with van der Waals surface area (Å²) in [6.45, 7) is 4.92. The lowest BCUT2D eigenvalue weighted by molar-refractivity contribution is 0.216. The standard InChI is InChI=1S/C15H21N9O/c1-3-5-6-12(4-2)7-25-15-21-13(23-10-16-8-18-23)20-14(22-15)24-11-17-9-19-24/h8-12H,3-7H2,1-2H3. The van der Waals surface area contributed by atoms with Crippen molar-refractivity contribution in [2.45, 2.75) is 39.5 Å². The van der Waals surface area contributed by atoms with Gasteiger partial charge in [-0.3, -0.25) is 0 Å². The molecule has 0 saturated carbocycles. The first kappa shape index (κ1) is 16.9. The molecule has 0 aromatic carbocycles. The summed E-state index contributed by atoms with van der Waals surface area (Å²) in [4.78, 5) is 20.8. The maximum Gasteiger partial charge on any atom is 0.323 e. The first-order valence-corrected chi connectivity index (χ1v) is 8.39. The number of hydrogen-bond donors (Lipinski definition) is 0. The maximum atomic E-state index is 5.85. The average molecular weight is 343 g/mol. The molecule has 10 nitrogen and oxygen atoms in total. The van der Waals surface area contributed by atoms with E-state index in [4.69, 9.17) is 4.74 Å². The quantitative estimate of drug-likeness (QED) is 0.576. The summed E-state index contributed by atoms with van der Waals surface area (Å²) in [6.07, 6.45) is 10.4. The van der Waals surface area contributed by atoms with E-state index in [9.17, 15) is 0 Å². The normalized spacial score (nSPS) is 12.2. The zero-order chi connectivity index (χ0) is 17.5. The summed E-state index contributed by atoms with van der Waals surface area (Å²) in [7, 11) is 0. The highest BCUT2D eigenvalue weighted by molar-refractivity contribution is 5.19. The van der Waals surface area contributed by atoms with Gasteiger partial charge in [-0.2, -0.15) is 34.5 Å². The second-order valence-electron chi connectivity index (χ2n) is 5.63. The Morgan fingerprint density at radius 3 is 2.08 bits per heavy atom. The predicted molar refractivity (Wildman–Crippen MR) is 88.5 cm³/mol. The van der Waals surface area contributed by atoms with E-state index in [1.807, 2.05) is 0 Å². The molecule has 0 N–H and O–H groups in total. The Morgan fingerprint density at radius 2 is 1.60 bits per heavy atom. The van der Waals surface area contributed by atoms with E-state index in [-0.39, 0.29) is 6.01 Å².